The Bertz CT molecular complexity index is 878. The third kappa shape index (κ3) is 3.05. The molecule has 0 aliphatic heterocycles. The minimum absolute atomic E-state index is 0.258. The van der Waals surface area contributed by atoms with Crippen LogP contribution in [0.3, 0.4) is 0 Å². The van der Waals surface area contributed by atoms with E-state index >= 15 is 0 Å². The highest BCUT2D eigenvalue weighted by Crippen LogP contribution is 2.24. The highest BCUT2D eigenvalue weighted by atomic mass is 32.1. The number of carbonyl (C=O) groups excluding carboxylic acids is 1. The van der Waals surface area contributed by atoms with Gasteiger partial charge in [-0.3, -0.25) is 4.79 Å². The number of H-pyrrole nitrogens is 1. The summed E-state index contributed by atoms with van der Waals surface area (Å²) in [6, 6.07) is 3.59. The van der Waals surface area contributed by atoms with Crippen LogP contribution in [-0.2, 0) is 7.05 Å². The second-order valence-corrected chi connectivity index (χ2v) is 7.41. The first kappa shape index (κ1) is 16.6. The van der Waals surface area contributed by atoms with Crippen molar-refractivity contribution < 1.29 is 14.5 Å². The number of aromatic nitrogens is 3. The Balaban J connectivity index is 2.01. The van der Waals surface area contributed by atoms with Crippen LogP contribution in [0.25, 0.3) is 21.7 Å². The number of nitrogens with one attached hydrogen (secondary N) is 2. The highest BCUT2D eigenvalue weighted by molar-refractivity contribution is 7.13. The Morgan fingerprint density at radius 3 is 2.88 bits per heavy atom. The molecular formula is C17H21N4O2S+. The average Bonchev–Trinajstić information content (AvgIpc) is 3.15. The first-order valence-electron chi connectivity index (χ1n) is 7.72. The SMILES string of the molecule is CC(NC(=O)c1c[nH]c2c1nc(-c1cccs1)c[n+]2C)C(C)(C)O. The first-order chi connectivity index (χ1) is 11.3. The van der Waals surface area contributed by atoms with Crippen LogP contribution in [-0.4, -0.2) is 32.6 Å². The van der Waals surface area contributed by atoms with Gasteiger partial charge < -0.3 is 10.4 Å². The van der Waals surface area contributed by atoms with Gasteiger partial charge in [-0.05, 0) is 32.2 Å². The van der Waals surface area contributed by atoms with E-state index in [1.165, 1.54) is 0 Å². The molecule has 1 unspecified atom stereocenters. The molecule has 3 N–H and O–H groups in total. The third-order valence-electron chi connectivity index (χ3n) is 4.16. The molecule has 0 aliphatic rings. The van der Waals surface area contributed by atoms with Gasteiger partial charge in [-0.25, -0.2) is 14.5 Å². The van der Waals surface area contributed by atoms with Crippen molar-refractivity contribution in [2.24, 2.45) is 7.05 Å². The quantitative estimate of drug-likeness (QED) is 0.633. The van der Waals surface area contributed by atoms with E-state index in [1.807, 2.05) is 35.3 Å². The van der Waals surface area contributed by atoms with Crippen molar-refractivity contribution >= 4 is 28.4 Å². The number of carbonyl (C=O) groups is 1. The van der Waals surface area contributed by atoms with Gasteiger partial charge in [-0.2, -0.15) is 0 Å². The minimum Gasteiger partial charge on any atom is -0.388 e. The fourth-order valence-electron chi connectivity index (χ4n) is 2.35. The lowest BCUT2D eigenvalue weighted by Crippen LogP contribution is -2.47. The molecule has 0 aromatic carbocycles. The Hall–Kier alpha value is -2.25. The molecule has 3 rings (SSSR count). The summed E-state index contributed by atoms with van der Waals surface area (Å²) < 4.78 is 1.92. The largest absolute Gasteiger partial charge is 0.388 e. The van der Waals surface area contributed by atoms with Gasteiger partial charge in [0.2, 0.25) is 0 Å². The molecule has 0 saturated carbocycles. The van der Waals surface area contributed by atoms with E-state index < -0.39 is 5.60 Å². The zero-order valence-electron chi connectivity index (χ0n) is 14.1. The fourth-order valence-corrected chi connectivity index (χ4v) is 3.03. The van der Waals surface area contributed by atoms with E-state index in [9.17, 15) is 9.90 Å². The molecule has 3 heterocycles. The van der Waals surface area contributed by atoms with Gasteiger partial charge in [0.1, 0.15) is 23.7 Å². The molecule has 24 heavy (non-hydrogen) atoms. The van der Waals surface area contributed by atoms with E-state index in [4.69, 9.17) is 0 Å². The molecule has 0 fully saturated rings. The fraction of sp³-hybridized carbons (Fsp3) is 0.353. The molecule has 7 heteroatoms. The van der Waals surface area contributed by atoms with Crippen LogP contribution in [0.5, 0.6) is 0 Å². The Kier molecular flexibility index (Phi) is 4.15. The molecule has 0 spiro atoms. The maximum absolute atomic E-state index is 12.6. The second-order valence-electron chi connectivity index (χ2n) is 6.46. The third-order valence-corrected chi connectivity index (χ3v) is 5.05. The first-order valence-corrected chi connectivity index (χ1v) is 8.60. The number of aryl methyl sites for hydroxylation is 1. The number of fused-ring (bicyclic) bond motifs is 1. The summed E-state index contributed by atoms with van der Waals surface area (Å²) in [6.45, 7) is 5.11. The summed E-state index contributed by atoms with van der Waals surface area (Å²) in [4.78, 5) is 21.4. The second kappa shape index (κ2) is 5.99. The monoisotopic (exact) mass is 345 g/mol. The number of aromatic amines is 1. The van der Waals surface area contributed by atoms with Crippen LogP contribution in [0.15, 0.2) is 29.9 Å². The molecule has 0 saturated heterocycles. The Morgan fingerprint density at radius 1 is 1.50 bits per heavy atom. The van der Waals surface area contributed by atoms with Crippen molar-refractivity contribution in [1.82, 2.24) is 15.3 Å². The molecule has 1 amide bonds. The van der Waals surface area contributed by atoms with E-state index in [2.05, 4.69) is 15.3 Å². The lowest BCUT2D eigenvalue weighted by Gasteiger charge is -2.26. The van der Waals surface area contributed by atoms with E-state index in [0.717, 1.165) is 16.2 Å². The van der Waals surface area contributed by atoms with Crippen LogP contribution in [0.4, 0.5) is 0 Å². The molecule has 0 aliphatic carbocycles. The van der Waals surface area contributed by atoms with Crippen molar-refractivity contribution in [3.05, 3.63) is 35.5 Å². The molecule has 1 atom stereocenters. The number of thiophene rings is 1. The number of nitrogens with zero attached hydrogens (tertiary/aromatic N) is 2. The lowest BCUT2D eigenvalue weighted by molar-refractivity contribution is -0.646. The molecule has 6 nitrogen and oxygen atoms in total. The van der Waals surface area contributed by atoms with Crippen molar-refractivity contribution in [2.75, 3.05) is 0 Å². The normalized spacial score (nSPS) is 13.2. The summed E-state index contributed by atoms with van der Waals surface area (Å²) in [5.74, 6) is -0.258. The minimum atomic E-state index is -0.998. The van der Waals surface area contributed by atoms with Crippen LogP contribution in [0.2, 0.25) is 0 Å². The molecular weight excluding hydrogens is 324 g/mol. The van der Waals surface area contributed by atoms with Crippen molar-refractivity contribution in [2.45, 2.75) is 32.4 Å². The molecule has 126 valence electrons. The van der Waals surface area contributed by atoms with Crippen molar-refractivity contribution in [3.63, 3.8) is 0 Å². The molecule has 3 aromatic heterocycles. The van der Waals surface area contributed by atoms with Crippen LogP contribution >= 0.6 is 11.3 Å². The highest BCUT2D eigenvalue weighted by Gasteiger charge is 2.27. The van der Waals surface area contributed by atoms with Crippen LogP contribution < -0.4 is 9.88 Å². The van der Waals surface area contributed by atoms with Gasteiger partial charge in [0.05, 0.1) is 23.6 Å². The molecule has 3 aromatic rings. The predicted molar refractivity (Wildman–Crippen MR) is 93.8 cm³/mol. The maximum Gasteiger partial charge on any atom is 0.306 e. The van der Waals surface area contributed by atoms with Crippen LogP contribution in [0.1, 0.15) is 31.1 Å². The summed E-state index contributed by atoms with van der Waals surface area (Å²) >= 11 is 1.60. The summed E-state index contributed by atoms with van der Waals surface area (Å²) in [7, 11) is 1.92. The Morgan fingerprint density at radius 2 is 2.25 bits per heavy atom. The summed E-state index contributed by atoms with van der Waals surface area (Å²) in [6.07, 6.45) is 3.59. The number of aliphatic hydroxyl groups is 1. The molecule has 0 radical (unpaired) electrons. The zero-order chi connectivity index (χ0) is 17.5. The predicted octanol–water partition coefficient (Wildman–Crippen LogP) is 2.01. The average molecular weight is 345 g/mol. The van der Waals surface area contributed by atoms with Gasteiger partial charge in [0.25, 0.3) is 5.91 Å². The van der Waals surface area contributed by atoms with E-state index in [1.54, 1.807) is 38.3 Å². The topological polar surface area (TPSA) is 81.9 Å². The van der Waals surface area contributed by atoms with Gasteiger partial charge in [0.15, 0.2) is 5.52 Å². The zero-order valence-corrected chi connectivity index (χ0v) is 14.9. The van der Waals surface area contributed by atoms with Gasteiger partial charge in [-0.1, -0.05) is 6.07 Å². The van der Waals surface area contributed by atoms with Gasteiger partial charge in [-0.15, -0.1) is 11.3 Å². The smallest absolute Gasteiger partial charge is 0.306 e. The maximum atomic E-state index is 12.6. The Labute approximate surface area is 144 Å². The number of amides is 1. The van der Waals surface area contributed by atoms with Crippen molar-refractivity contribution in [3.8, 4) is 10.6 Å². The van der Waals surface area contributed by atoms with Gasteiger partial charge in [0, 0.05) is 0 Å². The van der Waals surface area contributed by atoms with Gasteiger partial charge >= 0.3 is 5.65 Å². The summed E-state index contributed by atoms with van der Waals surface area (Å²) in [5, 5.41) is 14.8. The van der Waals surface area contributed by atoms with Crippen LogP contribution in [0, 0.1) is 0 Å². The standard InChI is InChI=1S/C17H20N4O2S/c1-10(17(2,3)23)19-16(22)11-8-18-15-14(11)20-12(9-21(15)4)13-6-5-7-24-13/h5-10,23H,1-4H3,(H,19,22)/p+1. The van der Waals surface area contributed by atoms with Crippen molar-refractivity contribution in [1.29, 1.82) is 0 Å². The van der Waals surface area contributed by atoms with E-state index in [-0.39, 0.29) is 11.9 Å². The number of hydrogen-bond acceptors (Lipinski definition) is 4. The van der Waals surface area contributed by atoms with E-state index in [0.29, 0.717) is 11.1 Å². The lowest BCUT2D eigenvalue weighted by atomic mass is 10.0. The number of rotatable bonds is 4. The summed E-state index contributed by atoms with van der Waals surface area (Å²) in [5.41, 5.74) is 1.68. The molecule has 0 bridgehead atoms. The number of hydrogen-bond donors (Lipinski definition) is 3.